The van der Waals surface area contributed by atoms with E-state index in [0.29, 0.717) is 47.5 Å². The van der Waals surface area contributed by atoms with Crippen LogP contribution in [0.25, 0.3) is 10.8 Å². The third-order valence-corrected chi connectivity index (χ3v) is 12.6. The number of Topliss-reactive ketones (excluding diaryl/α,β-unsaturated/α-hetero) is 1. The molecular weight excluding hydrogens is 636 g/mol. The Morgan fingerprint density at radius 1 is 1.07 bits per heavy atom. The first kappa shape index (κ1) is 33.8. The zero-order valence-electron chi connectivity index (χ0n) is 25.9. The number of hydrogen-bond acceptors (Lipinski definition) is 12. The van der Waals surface area contributed by atoms with Crippen molar-refractivity contribution in [2.75, 3.05) is 31.5 Å². The summed E-state index contributed by atoms with van der Waals surface area (Å²) in [4.78, 5) is 24.4. The third-order valence-electron chi connectivity index (χ3n) is 10.4. The number of aromatic hydroxyl groups is 1. The summed E-state index contributed by atoms with van der Waals surface area (Å²) in [7, 11) is 3.21. The number of hydrogen-bond donors (Lipinski definition) is 5. The first-order chi connectivity index (χ1) is 22.1. The van der Waals surface area contributed by atoms with E-state index < -0.39 is 54.3 Å². The molecule has 3 heterocycles. The molecule has 46 heavy (non-hydrogen) atoms. The molecule has 0 aromatic heterocycles. The van der Waals surface area contributed by atoms with Gasteiger partial charge in [-0.05, 0) is 79.9 Å². The van der Waals surface area contributed by atoms with E-state index in [2.05, 4.69) is 0 Å². The minimum Gasteiger partial charge on any atom is -0.506 e. The van der Waals surface area contributed by atoms with Crippen molar-refractivity contribution >= 4 is 44.1 Å². The van der Waals surface area contributed by atoms with Gasteiger partial charge in [-0.25, -0.2) is 4.79 Å². The van der Waals surface area contributed by atoms with Crippen LogP contribution in [-0.4, -0.2) is 99.0 Å². The molecule has 3 saturated heterocycles. The highest BCUT2D eigenvalue weighted by Crippen LogP contribution is 2.49. The van der Waals surface area contributed by atoms with Gasteiger partial charge in [0.1, 0.15) is 41.4 Å². The summed E-state index contributed by atoms with van der Waals surface area (Å²) in [6, 6.07) is 4.10. The van der Waals surface area contributed by atoms with Gasteiger partial charge in [0.2, 0.25) is 6.29 Å². The van der Waals surface area contributed by atoms with Gasteiger partial charge in [0, 0.05) is 12.4 Å². The standard InChI is InChI=1S/C33H42O11S2/c1-16-8-20-9-21(31(39)40)10-23(27(20)28(36)25(16)17(2)35)43-32-29(37)30(38)33(24(11-34)44-32)7-6-18-4-3-5-19-12-41-13-22(26(18)19)14-45-46-15-42-33/h8-10,18-19,22,24,26,29-30,32,34,36-38H,3-7,11-15H2,1-2H3,(H,39,40). The van der Waals surface area contributed by atoms with Crippen molar-refractivity contribution in [1.29, 1.82) is 0 Å². The number of carboxylic acid groups (broad SMARTS) is 1. The Kier molecular flexibility index (Phi) is 10.1. The number of phenols is 1. The van der Waals surface area contributed by atoms with Crippen molar-refractivity contribution in [2.24, 2.45) is 23.7 Å². The molecule has 4 aliphatic rings. The van der Waals surface area contributed by atoms with Crippen molar-refractivity contribution in [2.45, 2.75) is 76.2 Å². The number of carboxylic acids is 1. The van der Waals surface area contributed by atoms with Crippen molar-refractivity contribution < 1.29 is 54.1 Å². The number of benzene rings is 2. The number of carbonyl (C=O) groups excluding carboxylic acids is 1. The summed E-state index contributed by atoms with van der Waals surface area (Å²) in [6.45, 7) is 3.90. The number of ketones is 1. The number of aromatic carboxylic acids is 1. The van der Waals surface area contributed by atoms with Crippen LogP contribution in [0.3, 0.4) is 0 Å². The number of fused-ring (bicyclic) bond motifs is 1. The van der Waals surface area contributed by atoms with Gasteiger partial charge in [-0.15, -0.1) is 0 Å². The smallest absolute Gasteiger partial charge is 0.335 e. The normalized spacial score (nSPS) is 35.2. The number of ether oxygens (including phenoxy) is 4. The second kappa shape index (κ2) is 13.8. The maximum absolute atomic E-state index is 12.4. The largest absolute Gasteiger partial charge is 0.506 e. The molecule has 11 nitrogen and oxygen atoms in total. The first-order valence-electron chi connectivity index (χ1n) is 15.9. The molecule has 3 aliphatic heterocycles. The van der Waals surface area contributed by atoms with Crippen LogP contribution in [-0.2, 0) is 14.2 Å². The quantitative estimate of drug-likeness (QED) is 0.226. The Morgan fingerprint density at radius 2 is 1.83 bits per heavy atom. The van der Waals surface area contributed by atoms with Crippen LogP contribution < -0.4 is 4.74 Å². The molecule has 0 amide bonds. The highest BCUT2D eigenvalue weighted by Gasteiger charge is 2.58. The molecule has 13 heteroatoms. The van der Waals surface area contributed by atoms with E-state index in [1.165, 1.54) is 29.9 Å². The lowest BCUT2D eigenvalue weighted by molar-refractivity contribution is -0.322. The predicted molar refractivity (Wildman–Crippen MR) is 172 cm³/mol. The number of aliphatic hydroxyl groups is 3. The van der Waals surface area contributed by atoms with Crippen LogP contribution in [0.1, 0.15) is 65.3 Å². The van der Waals surface area contributed by atoms with Crippen molar-refractivity contribution in [3.8, 4) is 11.5 Å². The molecule has 0 bridgehead atoms. The van der Waals surface area contributed by atoms with Gasteiger partial charge in [-0.3, -0.25) is 4.79 Å². The maximum Gasteiger partial charge on any atom is 0.335 e. The molecular formula is C33H42O11S2. The second-order valence-corrected chi connectivity index (χ2v) is 15.5. The van der Waals surface area contributed by atoms with E-state index in [1.807, 2.05) is 0 Å². The predicted octanol–water partition coefficient (Wildman–Crippen LogP) is 4.14. The van der Waals surface area contributed by atoms with Crippen LogP contribution in [0.5, 0.6) is 11.5 Å². The fourth-order valence-electron chi connectivity index (χ4n) is 8.32. The minimum atomic E-state index is -1.66. The molecule has 2 aromatic carbocycles. The monoisotopic (exact) mass is 678 g/mol. The zero-order chi connectivity index (χ0) is 32.7. The second-order valence-electron chi connectivity index (χ2n) is 13.1. The summed E-state index contributed by atoms with van der Waals surface area (Å²) >= 11 is 0. The summed E-state index contributed by atoms with van der Waals surface area (Å²) in [5.41, 5.74) is -1.09. The molecule has 6 rings (SSSR count). The molecule has 9 unspecified atom stereocenters. The highest BCUT2D eigenvalue weighted by atomic mass is 33.1. The van der Waals surface area contributed by atoms with E-state index in [-0.39, 0.29) is 28.2 Å². The van der Waals surface area contributed by atoms with Crippen LogP contribution in [0.2, 0.25) is 0 Å². The lowest BCUT2D eigenvalue weighted by Gasteiger charge is -2.51. The molecule has 1 spiro atoms. The van der Waals surface area contributed by atoms with E-state index in [0.717, 1.165) is 38.2 Å². The first-order valence-corrected chi connectivity index (χ1v) is 18.3. The van der Waals surface area contributed by atoms with Crippen LogP contribution >= 0.6 is 21.6 Å². The van der Waals surface area contributed by atoms with E-state index in [4.69, 9.17) is 18.9 Å². The van der Waals surface area contributed by atoms with Gasteiger partial charge in [0.05, 0.1) is 29.7 Å². The molecule has 2 aromatic rings. The fourth-order valence-corrected chi connectivity index (χ4v) is 10.4. The van der Waals surface area contributed by atoms with Crippen molar-refractivity contribution in [3.63, 3.8) is 0 Å². The Bertz CT molecular complexity index is 1460. The molecule has 5 N–H and O–H groups in total. The van der Waals surface area contributed by atoms with Crippen LogP contribution in [0.15, 0.2) is 18.2 Å². The Balaban J connectivity index is 1.32. The van der Waals surface area contributed by atoms with Gasteiger partial charge in [0.15, 0.2) is 5.78 Å². The van der Waals surface area contributed by atoms with Gasteiger partial charge >= 0.3 is 5.97 Å². The summed E-state index contributed by atoms with van der Waals surface area (Å²) in [5, 5.41) is 55.3. The van der Waals surface area contributed by atoms with Crippen molar-refractivity contribution in [3.05, 3.63) is 34.9 Å². The molecule has 1 saturated carbocycles. The van der Waals surface area contributed by atoms with E-state index >= 15 is 0 Å². The van der Waals surface area contributed by atoms with Crippen LogP contribution in [0.4, 0.5) is 0 Å². The van der Waals surface area contributed by atoms with Crippen molar-refractivity contribution in [1.82, 2.24) is 0 Å². The number of aryl methyl sites for hydroxylation is 1. The maximum atomic E-state index is 12.4. The fraction of sp³-hybridized carbons (Fsp3) is 0.636. The molecule has 0 radical (unpaired) electrons. The Hall–Kier alpha value is -2.10. The number of phenolic OH excluding ortho intramolecular Hbond substituents is 1. The van der Waals surface area contributed by atoms with Crippen LogP contribution in [0, 0.1) is 30.6 Å². The van der Waals surface area contributed by atoms with E-state index in [9.17, 15) is 35.1 Å². The zero-order valence-corrected chi connectivity index (χ0v) is 27.6. The lowest BCUT2D eigenvalue weighted by atomic mass is 9.63. The van der Waals surface area contributed by atoms with Gasteiger partial charge in [0.25, 0.3) is 0 Å². The average Bonchev–Trinajstić information content (AvgIpc) is 3.05. The third kappa shape index (κ3) is 6.13. The average molecular weight is 679 g/mol. The lowest BCUT2D eigenvalue weighted by Crippen LogP contribution is -2.69. The Morgan fingerprint density at radius 3 is 2.57 bits per heavy atom. The summed E-state index contributed by atoms with van der Waals surface area (Å²) in [5.74, 6) is 0.711. The number of aliphatic hydroxyl groups excluding tert-OH is 3. The number of carbonyl (C=O) groups is 2. The summed E-state index contributed by atoms with van der Waals surface area (Å²) < 4.78 is 24.6. The summed E-state index contributed by atoms with van der Waals surface area (Å²) in [6.07, 6.45) is -1.50. The molecule has 1 aliphatic carbocycles. The molecule has 9 atom stereocenters. The Labute approximate surface area is 275 Å². The SMILES string of the molecule is CC(=O)c1c(C)cc2cc(C(=O)O)cc(OC3OC(CO)C4(CCC5CCCC6COCC(CSSCO4)C56)C(O)C3O)c2c1O. The number of rotatable bonds is 5. The topological polar surface area (TPSA) is 172 Å². The molecule has 4 fully saturated rings. The minimum absolute atomic E-state index is 0.0515. The van der Waals surface area contributed by atoms with Gasteiger partial charge in [-0.2, -0.15) is 0 Å². The van der Waals surface area contributed by atoms with Gasteiger partial charge < -0.3 is 44.5 Å². The highest BCUT2D eigenvalue weighted by molar-refractivity contribution is 8.76. The molecule has 252 valence electrons. The van der Waals surface area contributed by atoms with E-state index in [1.54, 1.807) is 23.8 Å². The van der Waals surface area contributed by atoms with Gasteiger partial charge in [-0.1, -0.05) is 40.5 Å².